The van der Waals surface area contributed by atoms with Crippen LogP contribution in [0.1, 0.15) is 37.8 Å². The van der Waals surface area contributed by atoms with E-state index in [1.807, 2.05) is 13.8 Å². The Morgan fingerprint density at radius 2 is 2.16 bits per heavy atom. The third-order valence-electron chi connectivity index (χ3n) is 4.28. The third kappa shape index (κ3) is 1.96. The molecular weight excluding hydrogens is 243 g/mol. The van der Waals surface area contributed by atoms with Gasteiger partial charge in [0, 0.05) is 11.0 Å². The number of fused-ring (bicyclic) bond motifs is 1. The molecule has 1 unspecified atom stereocenters. The summed E-state index contributed by atoms with van der Waals surface area (Å²) in [5.41, 5.74) is 0.153. The maximum Gasteiger partial charge on any atom is 0.165 e. The Kier molecular flexibility index (Phi) is 3.43. The smallest absolute Gasteiger partial charge is 0.165 e. The number of hydrogen-bond acceptors (Lipinski definition) is 2. The lowest BCUT2D eigenvalue weighted by Gasteiger charge is -2.38. The lowest BCUT2D eigenvalue weighted by Crippen LogP contribution is -2.38. The monoisotopic (exact) mass is 264 g/mol. The van der Waals surface area contributed by atoms with Crippen molar-refractivity contribution in [3.05, 3.63) is 41.7 Å². The van der Waals surface area contributed by atoms with Gasteiger partial charge in [-0.05, 0) is 30.9 Å². The van der Waals surface area contributed by atoms with Crippen molar-refractivity contribution in [2.24, 2.45) is 5.41 Å². The van der Waals surface area contributed by atoms with Gasteiger partial charge >= 0.3 is 0 Å². The molecule has 2 rings (SSSR count). The summed E-state index contributed by atoms with van der Waals surface area (Å²) in [5, 5.41) is 11.1. The van der Waals surface area contributed by atoms with Gasteiger partial charge in [0.05, 0.1) is 12.7 Å². The van der Waals surface area contributed by atoms with Crippen molar-refractivity contribution in [3.8, 4) is 5.75 Å². The first kappa shape index (κ1) is 14.1. The zero-order valence-corrected chi connectivity index (χ0v) is 11.8. The summed E-state index contributed by atoms with van der Waals surface area (Å²) in [7, 11) is 1.44. The third-order valence-corrected chi connectivity index (χ3v) is 4.28. The molecule has 0 spiro atoms. The molecule has 3 heteroatoms. The predicted octanol–water partition coefficient (Wildman–Crippen LogP) is 3.57. The summed E-state index contributed by atoms with van der Waals surface area (Å²) in [4.78, 5) is 0. The first-order valence-electron chi connectivity index (χ1n) is 6.56. The minimum Gasteiger partial charge on any atom is -0.493 e. The molecule has 0 saturated heterocycles. The van der Waals surface area contributed by atoms with Crippen molar-refractivity contribution < 1.29 is 14.2 Å². The second-order valence-corrected chi connectivity index (χ2v) is 5.86. The summed E-state index contributed by atoms with van der Waals surface area (Å²) >= 11 is 0. The second-order valence-electron chi connectivity index (χ2n) is 5.86. The lowest BCUT2D eigenvalue weighted by atomic mass is 9.73. The van der Waals surface area contributed by atoms with E-state index >= 15 is 0 Å². The Morgan fingerprint density at radius 1 is 1.47 bits per heavy atom. The molecular formula is C16H21FO2. The molecule has 0 aliphatic heterocycles. The molecule has 1 N–H and O–H groups in total. The second kappa shape index (κ2) is 4.64. The fourth-order valence-electron chi connectivity index (χ4n) is 3.13. The Labute approximate surface area is 113 Å². The number of rotatable bonds is 4. The van der Waals surface area contributed by atoms with Gasteiger partial charge in [0.15, 0.2) is 11.6 Å². The standard InChI is InChI=1S/C16H21FO2/c1-5-6-9-16(18)13-11(10-15(16,2)3)7-8-12(17)14(13)19-4/h5,7-8,18H,1,6,9-10H2,2-4H3. The quantitative estimate of drug-likeness (QED) is 0.842. The van der Waals surface area contributed by atoms with Crippen LogP contribution in [-0.4, -0.2) is 12.2 Å². The predicted molar refractivity (Wildman–Crippen MR) is 73.8 cm³/mol. The maximum absolute atomic E-state index is 13.9. The van der Waals surface area contributed by atoms with Gasteiger partial charge < -0.3 is 9.84 Å². The molecule has 1 aromatic carbocycles. The van der Waals surface area contributed by atoms with Crippen molar-refractivity contribution in [2.45, 2.75) is 38.7 Å². The molecule has 0 amide bonds. The molecule has 0 saturated carbocycles. The van der Waals surface area contributed by atoms with Crippen LogP contribution in [0, 0.1) is 11.2 Å². The number of aliphatic hydroxyl groups is 1. The van der Waals surface area contributed by atoms with Gasteiger partial charge in [0.25, 0.3) is 0 Å². The molecule has 1 aliphatic carbocycles. The number of hydrogen-bond donors (Lipinski definition) is 1. The number of allylic oxidation sites excluding steroid dienone is 1. The normalized spacial score (nSPS) is 24.1. The Bertz CT molecular complexity index is 508. The van der Waals surface area contributed by atoms with Crippen LogP contribution < -0.4 is 4.74 Å². The fraction of sp³-hybridized carbons (Fsp3) is 0.500. The maximum atomic E-state index is 13.9. The molecule has 0 heterocycles. The minimum absolute atomic E-state index is 0.176. The van der Waals surface area contributed by atoms with Crippen molar-refractivity contribution in [3.63, 3.8) is 0 Å². The summed E-state index contributed by atoms with van der Waals surface area (Å²) in [6, 6.07) is 3.16. The van der Waals surface area contributed by atoms with Crippen LogP contribution in [0.5, 0.6) is 5.75 Å². The van der Waals surface area contributed by atoms with Gasteiger partial charge in [-0.3, -0.25) is 0 Å². The fourth-order valence-corrected chi connectivity index (χ4v) is 3.13. The molecule has 1 aromatic rings. The Hall–Kier alpha value is -1.35. The van der Waals surface area contributed by atoms with Crippen LogP contribution in [0.4, 0.5) is 4.39 Å². The molecule has 1 aliphatic rings. The van der Waals surface area contributed by atoms with Crippen molar-refractivity contribution in [2.75, 3.05) is 7.11 Å². The van der Waals surface area contributed by atoms with Gasteiger partial charge in [0.1, 0.15) is 0 Å². The van der Waals surface area contributed by atoms with E-state index in [-0.39, 0.29) is 11.2 Å². The number of ether oxygens (including phenoxy) is 1. The summed E-state index contributed by atoms with van der Waals surface area (Å²) in [5.74, 6) is -0.245. The van der Waals surface area contributed by atoms with E-state index in [1.165, 1.54) is 13.2 Å². The van der Waals surface area contributed by atoms with E-state index < -0.39 is 11.4 Å². The molecule has 104 valence electrons. The van der Waals surface area contributed by atoms with Crippen molar-refractivity contribution >= 4 is 0 Å². The zero-order valence-electron chi connectivity index (χ0n) is 11.8. The number of methoxy groups -OCH3 is 1. The van der Waals surface area contributed by atoms with E-state index in [0.29, 0.717) is 24.8 Å². The highest BCUT2D eigenvalue weighted by atomic mass is 19.1. The van der Waals surface area contributed by atoms with E-state index in [4.69, 9.17) is 4.74 Å². The average molecular weight is 264 g/mol. The van der Waals surface area contributed by atoms with Crippen molar-refractivity contribution in [1.82, 2.24) is 0 Å². The van der Waals surface area contributed by atoms with E-state index in [9.17, 15) is 9.50 Å². The highest BCUT2D eigenvalue weighted by Gasteiger charge is 2.52. The highest BCUT2D eigenvalue weighted by Crippen LogP contribution is 2.55. The highest BCUT2D eigenvalue weighted by molar-refractivity contribution is 5.50. The van der Waals surface area contributed by atoms with Gasteiger partial charge in [0.2, 0.25) is 0 Å². The zero-order chi connectivity index (χ0) is 14.3. The average Bonchev–Trinajstić information content (AvgIpc) is 2.56. The van der Waals surface area contributed by atoms with Gasteiger partial charge in [-0.25, -0.2) is 4.39 Å². The molecule has 0 fully saturated rings. The SMILES string of the molecule is C=CCCC1(O)c2c(ccc(F)c2OC)CC1(C)C. The lowest BCUT2D eigenvalue weighted by molar-refractivity contribution is -0.0669. The Balaban J connectivity index is 2.62. The molecule has 2 nitrogen and oxygen atoms in total. The summed E-state index contributed by atoms with van der Waals surface area (Å²) in [6.07, 6.45) is 3.69. The van der Waals surface area contributed by atoms with Gasteiger partial charge in [-0.15, -0.1) is 6.58 Å². The van der Waals surface area contributed by atoms with Gasteiger partial charge in [-0.1, -0.05) is 26.0 Å². The molecule has 1 atom stereocenters. The Morgan fingerprint density at radius 3 is 2.74 bits per heavy atom. The molecule has 19 heavy (non-hydrogen) atoms. The van der Waals surface area contributed by atoms with E-state index in [1.54, 1.807) is 12.1 Å². The van der Waals surface area contributed by atoms with E-state index in [0.717, 1.165) is 5.56 Å². The number of benzene rings is 1. The topological polar surface area (TPSA) is 29.5 Å². The molecule has 0 aromatic heterocycles. The van der Waals surface area contributed by atoms with Crippen LogP contribution in [0.2, 0.25) is 0 Å². The van der Waals surface area contributed by atoms with E-state index in [2.05, 4.69) is 6.58 Å². The summed E-state index contributed by atoms with van der Waals surface area (Å²) in [6.45, 7) is 7.71. The van der Waals surface area contributed by atoms with Crippen molar-refractivity contribution in [1.29, 1.82) is 0 Å². The minimum atomic E-state index is -1.08. The van der Waals surface area contributed by atoms with Crippen LogP contribution >= 0.6 is 0 Å². The van der Waals surface area contributed by atoms with Crippen LogP contribution in [0.3, 0.4) is 0 Å². The van der Waals surface area contributed by atoms with Gasteiger partial charge in [-0.2, -0.15) is 0 Å². The van der Waals surface area contributed by atoms with Crippen LogP contribution in [-0.2, 0) is 12.0 Å². The van der Waals surface area contributed by atoms with Crippen LogP contribution in [0.15, 0.2) is 24.8 Å². The largest absolute Gasteiger partial charge is 0.493 e. The molecule has 0 bridgehead atoms. The number of halogens is 1. The molecule has 0 radical (unpaired) electrons. The first-order chi connectivity index (χ1) is 8.87. The first-order valence-corrected chi connectivity index (χ1v) is 6.56. The summed E-state index contributed by atoms with van der Waals surface area (Å²) < 4.78 is 19.1. The van der Waals surface area contributed by atoms with Crippen LogP contribution in [0.25, 0.3) is 0 Å².